The molecule has 2 rings (SSSR count). The summed E-state index contributed by atoms with van der Waals surface area (Å²) < 4.78 is 24.9. The number of fused-ring (bicyclic) bond motifs is 1. The minimum absolute atomic E-state index is 0.0492. The minimum atomic E-state index is -3.44. The van der Waals surface area contributed by atoms with Crippen LogP contribution in [0.2, 0.25) is 0 Å². The highest BCUT2D eigenvalue weighted by molar-refractivity contribution is 7.91. The first-order valence-corrected chi connectivity index (χ1v) is 10.3. The van der Waals surface area contributed by atoms with Gasteiger partial charge in [-0.1, -0.05) is 26.2 Å². The van der Waals surface area contributed by atoms with E-state index in [4.69, 9.17) is 5.11 Å². The monoisotopic (exact) mass is 394 g/mol. The maximum atomic E-state index is 12.4. The SMILES string of the molecule is CCCCCCS(=O)(=O)c1ccc2c(O)c(C(=O)NCC(=O)O)ncc2c1. The van der Waals surface area contributed by atoms with Crippen LogP contribution in [0.1, 0.15) is 43.1 Å². The Morgan fingerprint density at radius 2 is 1.93 bits per heavy atom. The van der Waals surface area contributed by atoms with E-state index in [-0.39, 0.29) is 21.7 Å². The summed E-state index contributed by atoms with van der Waals surface area (Å²) in [5.74, 6) is -2.43. The largest absolute Gasteiger partial charge is 0.505 e. The lowest BCUT2D eigenvalue weighted by Gasteiger charge is -2.09. The lowest BCUT2D eigenvalue weighted by molar-refractivity contribution is -0.135. The third kappa shape index (κ3) is 5.16. The topological polar surface area (TPSA) is 134 Å². The molecule has 8 nitrogen and oxygen atoms in total. The van der Waals surface area contributed by atoms with Crippen molar-refractivity contribution in [3.05, 3.63) is 30.1 Å². The second kappa shape index (κ2) is 8.81. The Balaban J connectivity index is 2.27. The summed E-state index contributed by atoms with van der Waals surface area (Å²) in [6, 6.07) is 4.21. The number of unbranched alkanes of at least 4 members (excludes halogenated alkanes) is 3. The van der Waals surface area contributed by atoms with Crippen molar-refractivity contribution < 1.29 is 28.2 Å². The van der Waals surface area contributed by atoms with Crippen LogP contribution < -0.4 is 5.32 Å². The number of carboxylic acids is 1. The number of carboxylic acid groups (broad SMARTS) is 1. The Morgan fingerprint density at radius 1 is 1.19 bits per heavy atom. The van der Waals surface area contributed by atoms with Gasteiger partial charge in [0.1, 0.15) is 6.54 Å². The van der Waals surface area contributed by atoms with Crippen LogP contribution in [-0.2, 0) is 14.6 Å². The Morgan fingerprint density at radius 3 is 2.59 bits per heavy atom. The third-order valence-electron chi connectivity index (χ3n) is 4.08. The molecule has 0 aliphatic heterocycles. The third-order valence-corrected chi connectivity index (χ3v) is 5.87. The molecule has 1 heterocycles. The molecule has 146 valence electrons. The van der Waals surface area contributed by atoms with Crippen molar-refractivity contribution >= 4 is 32.5 Å². The molecule has 0 saturated carbocycles. The van der Waals surface area contributed by atoms with Crippen molar-refractivity contribution in [1.29, 1.82) is 0 Å². The molecule has 1 amide bonds. The van der Waals surface area contributed by atoms with Gasteiger partial charge in [0, 0.05) is 17.0 Å². The number of aromatic hydroxyl groups is 1. The zero-order valence-corrected chi connectivity index (χ0v) is 15.8. The molecule has 3 N–H and O–H groups in total. The van der Waals surface area contributed by atoms with Crippen molar-refractivity contribution in [2.75, 3.05) is 12.3 Å². The molecule has 0 fully saturated rings. The van der Waals surface area contributed by atoms with Gasteiger partial charge >= 0.3 is 5.97 Å². The summed E-state index contributed by atoms with van der Waals surface area (Å²) in [5, 5.41) is 21.6. The predicted molar refractivity (Wildman–Crippen MR) is 99.6 cm³/mol. The molecule has 0 aliphatic rings. The summed E-state index contributed by atoms with van der Waals surface area (Å²) in [6.45, 7) is 1.45. The average molecular weight is 394 g/mol. The maximum Gasteiger partial charge on any atom is 0.322 e. The molecule has 2 aromatic rings. The number of benzene rings is 1. The Labute approximate surface area is 157 Å². The number of amides is 1. The van der Waals surface area contributed by atoms with Crippen LogP contribution in [-0.4, -0.2) is 47.8 Å². The van der Waals surface area contributed by atoms with Crippen LogP contribution in [0.15, 0.2) is 29.3 Å². The van der Waals surface area contributed by atoms with Gasteiger partial charge in [0.2, 0.25) is 0 Å². The van der Waals surface area contributed by atoms with Gasteiger partial charge < -0.3 is 15.5 Å². The number of carbonyl (C=O) groups excluding carboxylic acids is 1. The summed E-state index contributed by atoms with van der Waals surface area (Å²) in [6.07, 6.45) is 4.71. The van der Waals surface area contributed by atoms with E-state index in [1.165, 1.54) is 24.4 Å². The predicted octanol–water partition coefficient (Wildman–Crippen LogP) is 2.11. The lowest BCUT2D eigenvalue weighted by Crippen LogP contribution is -2.29. The van der Waals surface area contributed by atoms with E-state index in [1.54, 1.807) is 0 Å². The molecule has 27 heavy (non-hydrogen) atoms. The van der Waals surface area contributed by atoms with Gasteiger partial charge in [-0.25, -0.2) is 13.4 Å². The molecule has 0 spiro atoms. The molecule has 9 heteroatoms. The van der Waals surface area contributed by atoms with Gasteiger partial charge in [-0.2, -0.15) is 0 Å². The zero-order chi connectivity index (χ0) is 20.0. The smallest absolute Gasteiger partial charge is 0.322 e. The highest BCUT2D eigenvalue weighted by atomic mass is 32.2. The van der Waals surface area contributed by atoms with E-state index in [0.717, 1.165) is 19.3 Å². The fraction of sp³-hybridized carbons (Fsp3) is 0.389. The maximum absolute atomic E-state index is 12.4. The number of nitrogens with zero attached hydrogens (tertiary/aromatic N) is 1. The summed E-state index contributed by atoms with van der Waals surface area (Å²) >= 11 is 0. The van der Waals surface area contributed by atoms with Crippen molar-refractivity contribution in [2.45, 2.75) is 37.5 Å². The Hall–Kier alpha value is -2.68. The van der Waals surface area contributed by atoms with Crippen LogP contribution in [0.4, 0.5) is 0 Å². The van der Waals surface area contributed by atoms with E-state index < -0.39 is 34.0 Å². The molecule has 0 bridgehead atoms. The summed E-state index contributed by atoms with van der Waals surface area (Å²) in [5.41, 5.74) is -0.320. The number of hydrogen-bond donors (Lipinski definition) is 3. The van der Waals surface area contributed by atoms with E-state index in [1.807, 2.05) is 6.92 Å². The van der Waals surface area contributed by atoms with Crippen molar-refractivity contribution in [3.8, 4) is 5.75 Å². The molecular formula is C18H22N2O6S. The van der Waals surface area contributed by atoms with Crippen LogP contribution >= 0.6 is 0 Å². The second-order valence-electron chi connectivity index (χ2n) is 6.16. The van der Waals surface area contributed by atoms with Crippen molar-refractivity contribution in [1.82, 2.24) is 10.3 Å². The number of rotatable bonds is 9. The molecular weight excluding hydrogens is 372 g/mol. The van der Waals surface area contributed by atoms with Gasteiger partial charge in [0.05, 0.1) is 10.6 Å². The molecule has 0 radical (unpaired) electrons. The molecule has 1 aromatic carbocycles. The highest BCUT2D eigenvalue weighted by Crippen LogP contribution is 2.29. The number of nitrogens with one attached hydrogen (secondary N) is 1. The van der Waals surface area contributed by atoms with Crippen LogP contribution in [0.5, 0.6) is 5.75 Å². The summed E-state index contributed by atoms with van der Waals surface area (Å²) in [4.78, 5) is 26.4. The summed E-state index contributed by atoms with van der Waals surface area (Å²) in [7, 11) is -3.44. The fourth-order valence-corrected chi connectivity index (χ4v) is 4.02. The quantitative estimate of drug-likeness (QED) is 0.555. The highest BCUT2D eigenvalue weighted by Gasteiger charge is 2.19. The molecule has 1 aromatic heterocycles. The molecule has 0 saturated heterocycles. The number of hydrogen-bond acceptors (Lipinski definition) is 6. The lowest BCUT2D eigenvalue weighted by atomic mass is 10.1. The first-order chi connectivity index (χ1) is 12.8. The average Bonchev–Trinajstić information content (AvgIpc) is 2.63. The number of sulfone groups is 1. The number of aromatic nitrogens is 1. The molecule has 0 unspecified atom stereocenters. The van der Waals surface area contributed by atoms with Crippen LogP contribution in [0.3, 0.4) is 0 Å². The number of pyridine rings is 1. The number of aliphatic carboxylic acids is 1. The first kappa shape index (κ1) is 20.6. The number of carbonyl (C=O) groups is 2. The van der Waals surface area contributed by atoms with Crippen LogP contribution in [0.25, 0.3) is 10.8 Å². The molecule has 0 atom stereocenters. The Bertz CT molecular complexity index is 956. The van der Waals surface area contributed by atoms with Crippen molar-refractivity contribution in [2.24, 2.45) is 0 Å². The van der Waals surface area contributed by atoms with Gasteiger partial charge in [-0.05, 0) is 24.6 Å². The zero-order valence-electron chi connectivity index (χ0n) is 14.9. The minimum Gasteiger partial charge on any atom is -0.505 e. The Kier molecular flexibility index (Phi) is 6.73. The van der Waals surface area contributed by atoms with E-state index in [9.17, 15) is 23.1 Å². The van der Waals surface area contributed by atoms with Gasteiger partial charge in [0.25, 0.3) is 5.91 Å². The van der Waals surface area contributed by atoms with E-state index in [0.29, 0.717) is 11.8 Å². The van der Waals surface area contributed by atoms with E-state index >= 15 is 0 Å². The fourth-order valence-electron chi connectivity index (χ4n) is 2.62. The van der Waals surface area contributed by atoms with Gasteiger partial charge in [-0.3, -0.25) is 9.59 Å². The molecule has 0 aliphatic carbocycles. The van der Waals surface area contributed by atoms with Crippen LogP contribution in [0, 0.1) is 0 Å². The van der Waals surface area contributed by atoms with Gasteiger partial charge in [-0.15, -0.1) is 0 Å². The second-order valence-corrected chi connectivity index (χ2v) is 8.27. The normalized spacial score (nSPS) is 11.4. The standard InChI is InChI=1S/C18H22N2O6S/c1-2-3-4-5-8-27(25,26)13-6-7-14-12(9-13)10-19-16(17(14)23)18(24)20-11-15(21)22/h6-7,9-10,23H,2-5,8,11H2,1H3,(H,20,24)(H,21,22). The first-order valence-electron chi connectivity index (χ1n) is 8.60. The van der Waals surface area contributed by atoms with Crippen molar-refractivity contribution in [3.63, 3.8) is 0 Å². The van der Waals surface area contributed by atoms with E-state index in [2.05, 4.69) is 10.3 Å². The van der Waals surface area contributed by atoms with Gasteiger partial charge in [0.15, 0.2) is 21.3 Å².